The van der Waals surface area contributed by atoms with E-state index in [4.69, 9.17) is 0 Å². The molecule has 2 aromatic rings. The van der Waals surface area contributed by atoms with Crippen molar-refractivity contribution in [2.45, 2.75) is 32.7 Å². The molecule has 0 aliphatic carbocycles. The van der Waals surface area contributed by atoms with Crippen LogP contribution >= 0.6 is 11.3 Å². The molecule has 2 fully saturated rings. The lowest BCUT2D eigenvalue weighted by atomic mass is 10.2. The van der Waals surface area contributed by atoms with Crippen molar-refractivity contribution in [1.82, 2.24) is 14.7 Å². The Bertz CT molecular complexity index is 958. The number of sulfone groups is 1. The van der Waals surface area contributed by atoms with Crippen molar-refractivity contribution in [2.75, 3.05) is 42.6 Å². The van der Waals surface area contributed by atoms with Gasteiger partial charge in [-0.25, -0.2) is 8.42 Å². The van der Waals surface area contributed by atoms with Crippen LogP contribution in [0.5, 0.6) is 0 Å². The summed E-state index contributed by atoms with van der Waals surface area (Å²) in [7, 11) is -2.95. The van der Waals surface area contributed by atoms with E-state index in [1.807, 2.05) is 40.9 Å². The average Bonchev–Trinajstić information content (AvgIpc) is 3.35. The van der Waals surface area contributed by atoms with Crippen LogP contribution in [0.2, 0.25) is 0 Å². The maximum atomic E-state index is 12.5. The van der Waals surface area contributed by atoms with Crippen molar-refractivity contribution >= 4 is 32.8 Å². The summed E-state index contributed by atoms with van der Waals surface area (Å²) in [6.07, 6.45) is 1.11. The first-order valence-corrected chi connectivity index (χ1v) is 12.4. The molecule has 0 spiro atoms. The standard InChI is InChI=1S/C19H26N4O3S2/c1-14-19(15(2)23(20-14)16-5-11-28(25,26)13-16)22-8-6-21(7-9-22)18(24)12-17-4-3-10-27-17/h3-4,10,16H,5-9,11-13H2,1-2H3. The summed E-state index contributed by atoms with van der Waals surface area (Å²) in [6.45, 7) is 6.95. The third-order valence-electron chi connectivity index (χ3n) is 5.70. The Kier molecular flexibility index (Phi) is 5.22. The van der Waals surface area contributed by atoms with Crippen LogP contribution in [0.15, 0.2) is 17.5 Å². The van der Waals surface area contributed by atoms with Gasteiger partial charge in [0.15, 0.2) is 9.84 Å². The fourth-order valence-corrected chi connectivity index (χ4v) is 6.68. The molecule has 2 aromatic heterocycles. The monoisotopic (exact) mass is 422 g/mol. The van der Waals surface area contributed by atoms with Crippen LogP contribution in [0.4, 0.5) is 5.69 Å². The van der Waals surface area contributed by atoms with Gasteiger partial charge in [-0.3, -0.25) is 9.48 Å². The van der Waals surface area contributed by atoms with Crippen LogP contribution in [0.3, 0.4) is 0 Å². The third kappa shape index (κ3) is 3.82. The highest BCUT2D eigenvalue weighted by atomic mass is 32.2. The van der Waals surface area contributed by atoms with Gasteiger partial charge < -0.3 is 9.80 Å². The van der Waals surface area contributed by atoms with Crippen LogP contribution in [-0.2, 0) is 21.1 Å². The lowest BCUT2D eigenvalue weighted by Crippen LogP contribution is -2.49. The fourth-order valence-electron chi connectivity index (χ4n) is 4.29. The lowest BCUT2D eigenvalue weighted by molar-refractivity contribution is -0.130. The van der Waals surface area contributed by atoms with Crippen molar-refractivity contribution in [3.8, 4) is 0 Å². The molecule has 1 atom stereocenters. The van der Waals surface area contributed by atoms with Crippen LogP contribution in [0, 0.1) is 13.8 Å². The smallest absolute Gasteiger partial charge is 0.227 e. The second-order valence-corrected chi connectivity index (χ2v) is 10.9. The maximum Gasteiger partial charge on any atom is 0.227 e. The highest BCUT2D eigenvalue weighted by Gasteiger charge is 2.33. The number of rotatable bonds is 4. The Morgan fingerprint density at radius 3 is 2.61 bits per heavy atom. The van der Waals surface area contributed by atoms with E-state index in [-0.39, 0.29) is 23.5 Å². The summed E-state index contributed by atoms with van der Waals surface area (Å²) < 4.78 is 25.6. The van der Waals surface area contributed by atoms with E-state index >= 15 is 0 Å². The van der Waals surface area contributed by atoms with E-state index in [1.54, 1.807) is 11.3 Å². The second-order valence-electron chi connectivity index (χ2n) is 7.64. The predicted molar refractivity (Wildman–Crippen MR) is 111 cm³/mol. The summed E-state index contributed by atoms with van der Waals surface area (Å²) in [5.41, 5.74) is 3.05. The van der Waals surface area contributed by atoms with Crippen molar-refractivity contribution in [3.05, 3.63) is 33.8 Å². The Morgan fingerprint density at radius 1 is 1.25 bits per heavy atom. The van der Waals surface area contributed by atoms with Gasteiger partial charge in [0.25, 0.3) is 0 Å². The Hall–Kier alpha value is -1.87. The Labute approximate surface area is 169 Å². The summed E-state index contributed by atoms with van der Waals surface area (Å²) in [5, 5.41) is 6.67. The fraction of sp³-hybridized carbons (Fsp3) is 0.579. The molecule has 4 rings (SSSR count). The first kappa shape index (κ1) is 19.4. The summed E-state index contributed by atoms with van der Waals surface area (Å²) in [5.74, 6) is 0.609. The highest BCUT2D eigenvalue weighted by Crippen LogP contribution is 2.31. The molecule has 7 nitrogen and oxygen atoms in total. The molecular weight excluding hydrogens is 396 g/mol. The molecular formula is C19H26N4O3S2. The number of anilines is 1. The predicted octanol–water partition coefficient (Wildman–Crippen LogP) is 1.81. The topological polar surface area (TPSA) is 75.5 Å². The van der Waals surface area contributed by atoms with Crippen molar-refractivity contribution < 1.29 is 13.2 Å². The SMILES string of the molecule is Cc1nn(C2CCS(=O)(=O)C2)c(C)c1N1CCN(C(=O)Cc2cccs2)CC1. The quantitative estimate of drug-likeness (QED) is 0.751. The number of aryl methyl sites for hydroxylation is 1. The number of piperazine rings is 1. The highest BCUT2D eigenvalue weighted by molar-refractivity contribution is 7.91. The summed E-state index contributed by atoms with van der Waals surface area (Å²) in [4.78, 5) is 17.8. The van der Waals surface area contributed by atoms with Crippen LogP contribution in [-0.4, -0.2) is 66.7 Å². The number of thiophene rings is 1. The van der Waals surface area contributed by atoms with Gasteiger partial charge >= 0.3 is 0 Å². The van der Waals surface area contributed by atoms with E-state index in [2.05, 4.69) is 10.00 Å². The zero-order valence-electron chi connectivity index (χ0n) is 16.3. The molecule has 2 aliphatic heterocycles. The molecule has 0 radical (unpaired) electrons. The van der Waals surface area contributed by atoms with E-state index < -0.39 is 9.84 Å². The summed E-state index contributed by atoms with van der Waals surface area (Å²) in [6, 6.07) is 3.92. The Morgan fingerprint density at radius 2 is 2.00 bits per heavy atom. The Balaban J connectivity index is 1.43. The number of hydrogen-bond donors (Lipinski definition) is 0. The molecule has 28 heavy (non-hydrogen) atoms. The minimum absolute atomic E-state index is 0.0638. The zero-order chi connectivity index (χ0) is 19.9. The number of nitrogens with zero attached hydrogens (tertiary/aromatic N) is 4. The van der Waals surface area contributed by atoms with E-state index in [0.717, 1.165) is 35.0 Å². The molecule has 0 N–H and O–H groups in total. The number of aromatic nitrogens is 2. The molecule has 0 aromatic carbocycles. The minimum atomic E-state index is -2.95. The normalized spacial score (nSPS) is 22.0. The average molecular weight is 423 g/mol. The van der Waals surface area contributed by atoms with Crippen molar-refractivity contribution in [3.63, 3.8) is 0 Å². The van der Waals surface area contributed by atoms with Gasteiger partial charge in [0, 0.05) is 31.1 Å². The van der Waals surface area contributed by atoms with Gasteiger partial charge in [-0.1, -0.05) is 6.07 Å². The van der Waals surface area contributed by atoms with Gasteiger partial charge in [0.2, 0.25) is 5.91 Å². The molecule has 4 heterocycles. The molecule has 9 heteroatoms. The van der Waals surface area contributed by atoms with Crippen LogP contribution in [0.25, 0.3) is 0 Å². The van der Waals surface area contributed by atoms with E-state index in [1.165, 1.54) is 0 Å². The third-order valence-corrected chi connectivity index (χ3v) is 8.32. The molecule has 0 saturated carbocycles. The number of hydrogen-bond acceptors (Lipinski definition) is 6. The van der Waals surface area contributed by atoms with Gasteiger partial charge in [-0.05, 0) is 31.7 Å². The maximum absolute atomic E-state index is 12.5. The number of amides is 1. The zero-order valence-corrected chi connectivity index (χ0v) is 17.9. The van der Waals surface area contributed by atoms with Crippen molar-refractivity contribution in [2.24, 2.45) is 0 Å². The molecule has 1 unspecified atom stereocenters. The van der Waals surface area contributed by atoms with Crippen molar-refractivity contribution in [1.29, 1.82) is 0 Å². The van der Waals surface area contributed by atoms with Gasteiger partial charge in [-0.2, -0.15) is 5.10 Å². The molecule has 152 valence electrons. The number of carbonyl (C=O) groups excluding carboxylic acids is 1. The van der Waals surface area contributed by atoms with Gasteiger partial charge in [0.05, 0.1) is 41.0 Å². The largest absolute Gasteiger partial charge is 0.365 e. The second kappa shape index (κ2) is 7.51. The van der Waals surface area contributed by atoms with Crippen LogP contribution in [0.1, 0.15) is 28.7 Å². The first-order chi connectivity index (χ1) is 13.3. The number of carbonyl (C=O) groups is 1. The van der Waals surface area contributed by atoms with E-state index in [0.29, 0.717) is 25.9 Å². The minimum Gasteiger partial charge on any atom is -0.365 e. The molecule has 1 amide bonds. The van der Waals surface area contributed by atoms with E-state index in [9.17, 15) is 13.2 Å². The lowest BCUT2D eigenvalue weighted by Gasteiger charge is -2.36. The molecule has 0 bridgehead atoms. The first-order valence-electron chi connectivity index (χ1n) is 9.65. The van der Waals surface area contributed by atoms with Crippen LogP contribution < -0.4 is 4.90 Å². The summed E-state index contributed by atoms with van der Waals surface area (Å²) >= 11 is 1.62. The van der Waals surface area contributed by atoms with Gasteiger partial charge in [0.1, 0.15) is 0 Å². The molecule has 2 saturated heterocycles. The van der Waals surface area contributed by atoms with Gasteiger partial charge in [-0.15, -0.1) is 11.3 Å². The molecule has 2 aliphatic rings.